The average Bonchev–Trinajstić information content (AvgIpc) is 2.98. The van der Waals surface area contributed by atoms with Crippen LogP contribution in [0.2, 0.25) is 0 Å². The first-order valence-corrected chi connectivity index (χ1v) is 6.34. The molecule has 3 rings (SSSR count). The highest BCUT2D eigenvalue weighted by atomic mass is 16.7. The molecule has 1 aromatic rings. The predicted molar refractivity (Wildman–Crippen MR) is 70.5 cm³/mol. The van der Waals surface area contributed by atoms with E-state index >= 15 is 0 Å². The minimum absolute atomic E-state index is 0.00249. The van der Waals surface area contributed by atoms with Gasteiger partial charge in [-0.1, -0.05) is 0 Å². The summed E-state index contributed by atoms with van der Waals surface area (Å²) in [6.45, 7) is 1.48. The van der Waals surface area contributed by atoms with Crippen LogP contribution in [0, 0.1) is 0 Å². The molecule has 0 spiro atoms. The summed E-state index contributed by atoms with van der Waals surface area (Å²) in [5.74, 6) is 1.41. The Bertz CT molecular complexity index is 506. The standard InChI is InChI=1S/C13H17N3O3/c1-15-10(4-5-14)7-16(13(15)17)9-2-3-11-12(6-9)19-8-18-11/h2-3,6,10H,4-5,7-8,14H2,1H3. The monoisotopic (exact) mass is 263 g/mol. The minimum atomic E-state index is -0.00249. The van der Waals surface area contributed by atoms with Gasteiger partial charge in [0.1, 0.15) is 0 Å². The molecule has 6 nitrogen and oxygen atoms in total. The second kappa shape index (κ2) is 4.62. The second-order valence-corrected chi connectivity index (χ2v) is 4.77. The number of ether oxygens (including phenoxy) is 2. The normalized spacial score (nSPS) is 21.4. The highest BCUT2D eigenvalue weighted by molar-refractivity contribution is 5.94. The zero-order valence-electron chi connectivity index (χ0n) is 10.8. The number of fused-ring (bicyclic) bond motifs is 1. The number of rotatable bonds is 3. The maximum Gasteiger partial charge on any atom is 0.324 e. The number of amides is 2. The molecule has 0 radical (unpaired) electrons. The number of likely N-dealkylation sites (N-methyl/N-ethyl adjacent to an activating group) is 1. The van der Waals surface area contributed by atoms with Crippen molar-refractivity contribution in [2.45, 2.75) is 12.5 Å². The van der Waals surface area contributed by atoms with Gasteiger partial charge < -0.3 is 20.1 Å². The molecular formula is C13H17N3O3. The highest BCUT2D eigenvalue weighted by Crippen LogP contribution is 2.36. The Kier molecular flexibility index (Phi) is 2.94. The van der Waals surface area contributed by atoms with Crippen molar-refractivity contribution in [1.82, 2.24) is 4.90 Å². The van der Waals surface area contributed by atoms with Crippen molar-refractivity contribution in [3.63, 3.8) is 0 Å². The lowest BCUT2D eigenvalue weighted by molar-refractivity contribution is 0.174. The van der Waals surface area contributed by atoms with E-state index in [1.165, 1.54) is 0 Å². The molecule has 2 amide bonds. The van der Waals surface area contributed by atoms with Crippen molar-refractivity contribution in [3.8, 4) is 11.5 Å². The van der Waals surface area contributed by atoms with Gasteiger partial charge in [0.15, 0.2) is 11.5 Å². The Hall–Kier alpha value is -1.95. The smallest absolute Gasteiger partial charge is 0.324 e. The number of carbonyl (C=O) groups excluding carboxylic acids is 1. The van der Waals surface area contributed by atoms with Gasteiger partial charge in [-0.05, 0) is 25.1 Å². The third kappa shape index (κ3) is 1.98. The van der Waals surface area contributed by atoms with E-state index in [4.69, 9.17) is 15.2 Å². The Morgan fingerprint density at radius 2 is 2.16 bits per heavy atom. The summed E-state index contributed by atoms with van der Waals surface area (Å²) < 4.78 is 10.6. The lowest BCUT2D eigenvalue weighted by Crippen LogP contribution is -2.32. The number of hydrogen-bond acceptors (Lipinski definition) is 4. The summed E-state index contributed by atoms with van der Waals surface area (Å²) >= 11 is 0. The largest absolute Gasteiger partial charge is 0.454 e. The van der Waals surface area contributed by atoms with Gasteiger partial charge in [0.2, 0.25) is 6.79 Å². The third-order valence-corrected chi connectivity index (χ3v) is 3.64. The third-order valence-electron chi connectivity index (χ3n) is 3.64. The zero-order valence-corrected chi connectivity index (χ0v) is 10.8. The second-order valence-electron chi connectivity index (χ2n) is 4.77. The van der Waals surface area contributed by atoms with Crippen molar-refractivity contribution >= 4 is 11.7 Å². The van der Waals surface area contributed by atoms with Gasteiger partial charge in [-0.2, -0.15) is 0 Å². The van der Waals surface area contributed by atoms with Crippen LogP contribution in [-0.4, -0.2) is 43.9 Å². The summed E-state index contributed by atoms with van der Waals surface area (Å²) in [7, 11) is 1.82. The van der Waals surface area contributed by atoms with E-state index in [0.29, 0.717) is 18.8 Å². The van der Waals surface area contributed by atoms with Crippen molar-refractivity contribution < 1.29 is 14.3 Å². The molecule has 1 unspecified atom stereocenters. The van der Waals surface area contributed by atoms with Crippen molar-refractivity contribution in [2.75, 3.05) is 31.8 Å². The minimum Gasteiger partial charge on any atom is -0.454 e. The van der Waals surface area contributed by atoms with E-state index in [2.05, 4.69) is 0 Å². The number of hydrogen-bond donors (Lipinski definition) is 1. The fourth-order valence-corrected chi connectivity index (χ4v) is 2.50. The first-order chi connectivity index (χ1) is 9.20. The van der Waals surface area contributed by atoms with Crippen LogP contribution < -0.4 is 20.1 Å². The zero-order chi connectivity index (χ0) is 13.4. The lowest BCUT2D eigenvalue weighted by atomic mass is 10.2. The molecule has 2 aliphatic heterocycles. The molecule has 1 saturated heterocycles. The van der Waals surface area contributed by atoms with E-state index in [1.807, 2.05) is 25.2 Å². The molecule has 19 heavy (non-hydrogen) atoms. The quantitative estimate of drug-likeness (QED) is 0.883. The molecule has 2 heterocycles. The average molecular weight is 263 g/mol. The Balaban J connectivity index is 1.84. The van der Waals surface area contributed by atoms with Crippen LogP contribution in [0.1, 0.15) is 6.42 Å². The molecule has 1 atom stereocenters. The first-order valence-electron chi connectivity index (χ1n) is 6.34. The number of carbonyl (C=O) groups is 1. The van der Waals surface area contributed by atoms with Crippen molar-refractivity contribution in [3.05, 3.63) is 18.2 Å². The molecule has 0 saturated carbocycles. The van der Waals surface area contributed by atoms with Gasteiger partial charge in [-0.25, -0.2) is 4.79 Å². The molecule has 6 heteroatoms. The van der Waals surface area contributed by atoms with Gasteiger partial charge in [0, 0.05) is 25.3 Å². The van der Waals surface area contributed by atoms with Gasteiger partial charge in [0.05, 0.1) is 6.04 Å². The maximum absolute atomic E-state index is 12.2. The first kappa shape index (κ1) is 12.1. The molecule has 1 aromatic carbocycles. The summed E-state index contributed by atoms with van der Waals surface area (Å²) in [5, 5.41) is 0. The van der Waals surface area contributed by atoms with Crippen LogP contribution >= 0.6 is 0 Å². The number of benzene rings is 1. The van der Waals surface area contributed by atoms with E-state index in [-0.39, 0.29) is 18.9 Å². The van der Waals surface area contributed by atoms with Crippen LogP contribution in [0.4, 0.5) is 10.5 Å². The molecule has 2 aliphatic rings. The Labute approximate surface area is 111 Å². The van der Waals surface area contributed by atoms with E-state index < -0.39 is 0 Å². The van der Waals surface area contributed by atoms with Crippen LogP contribution in [0.15, 0.2) is 18.2 Å². The Morgan fingerprint density at radius 1 is 1.37 bits per heavy atom. The number of anilines is 1. The summed E-state index contributed by atoms with van der Waals surface area (Å²) in [6.07, 6.45) is 0.809. The fraction of sp³-hybridized carbons (Fsp3) is 0.462. The number of urea groups is 1. The van der Waals surface area contributed by atoms with Crippen LogP contribution in [0.25, 0.3) is 0 Å². The topological polar surface area (TPSA) is 68.0 Å². The number of nitrogens with two attached hydrogens (primary N) is 1. The molecule has 0 aromatic heterocycles. The van der Waals surface area contributed by atoms with E-state index in [1.54, 1.807) is 9.80 Å². The Morgan fingerprint density at radius 3 is 2.95 bits per heavy atom. The summed E-state index contributed by atoms with van der Waals surface area (Å²) in [6, 6.07) is 5.73. The highest BCUT2D eigenvalue weighted by Gasteiger charge is 2.35. The van der Waals surface area contributed by atoms with Crippen LogP contribution in [-0.2, 0) is 0 Å². The lowest BCUT2D eigenvalue weighted by Gasteiger charge is -2.16. The maximum atomic E-state index is 12.2. The fourth-order valence-electron chi connectivity index (χ4n) is 2.50. The molecule has 0 aliphatic carbocycles. The summed E-state index contributed by atoms with van der Waals surface area (Å²) in [5.41, 5.74) is 6.41. The SMILES string of the molecule is CN1C(=O)N(c2ccc3c(c2)OCO3)CC1CCN. The van der Waals surface area contributed by atoms with Gasteiger partial charge in [-0.15, -0.1) is 0 Å². The molecule has 1 fully saturated rings. The van der Waals surface area contributed by atoms with Gasteiger partial charge in [0.25, 0.3) is 0 Å². The van der Waals surface area contributed by atoms with Crippen LogP contribution in [0.5, 0.6) is 11.5 Å². The van der Waals surface area contributed by atoms with E-state index in [9.17, 15) is 4.79 Å². The van der Waals surface area contributed by atoms with Crippen molar-refractivity contribution in [1.29, 1.82) is 0 Å². The van der Waals surface area contributed by atoms with Crippen molar-refractivity contribution in [2.24, 2.45) is 5.73 Å². The van der Waals surface area contributed by atoms with E-state index in [0.717, 1.165) is 17.9 Å². The molecule has 2 N–H and O–H groups in total. The molecule has 102 valence electrons. The predicted octanol–water partition coefficient (Wildman–Crippen LogP) is 1.00. The van der Waals surface area contributed by atoms with Gasteiger partial charge >= 0.3 is 6.03 Å². The summed E-state index contributed by atoms with van der Waals surface area (Å²) in [4.78, 5) is 15.7. The number of nitrogens with zero attached hydrogens (tertiary/aromatic N) is 2. The molecular weight excluding hydrogens is 246 g/mol. The molecule has 0 bridgehead atoms. The van der Waals surface area contributed by atoms with Crippen LogP contribution in [0.3, 0.4) is 0 Å². The van der Waals surface area contributed by atoms with Gasteiger partial charge in [-0.3, -0.25) is 4.90 Å².